The van der Waals surface area contributed by atoms with Gasteiger partial charge >= 0.3 is 6.09 Å². The average molecular weight is 300 g/mol. The maximum absolute atomic E-state index is 11.9. The highest BCUT2D eigenvalue weighted by atomic mass is 32.2. The van der Waals surface area contributed by atoms with Gasteiger partial charge in [0.1, 0.15) is 0 Å². The molecule has 112 valence electrons. The monoisotopic (exact) mass is 300 g/mol. The summed E-state index contributed by atoms with van der Waals surface area (Å²) in [5.74, 6) is 0. The van der Waals surface area contributed by atoms with Gasteiger partial charge in [-0.05, 0) is 37.1 Å². The largest absolute Gasteiger partial charge is 0.453 e. The summed E-state index contributed by atoms with van der Waals surface area (Å²) in [5.41, 5.74) is 2.56. The Bertz CT molecular complexity index is 564. The molecule has 0 saturated carbocycles. The number of alkyl carbamates (subject to hydrolysis) is 1. The van der Waals surface area contributed by atoms with Gasteiger partial charge in [0.15, 0.2) is 0 Å². The number of sulfonamides is 1. The van der Waals surface area contributed by atoms with Crippen molar-refractivity contribution in [3.63, 3.8) is 0 Å². The first-order valence-corrected chi connectivity index (χ1v) is 7.96. The molecule has 0 bridgehead atoms. The average Bonchev–Trinajstić information content (AvgIpc) is 2.31. The van der Waals surface area contributed by atoms with Crippen LogP contribution in [0.25, 0.3) is 0 Å². The Morgan fingerprint density at radius 2 is 1.80 bits per heavy atom. The molecule has 0 aromatic heterocycles. The van der Waals surface area contributed by atoms with Crippen molar-refractivity contribution in [2.24, 2.45) is 0 Å². The highest BCUT2D eigenvalue weighted by Crippen LogP contribution is 2.20. The van der Waals surface area contributed by atoms with E-state index in [0.717, 1.165) is 17.4 Å². The molecule has 0 heterocycles. The summed E-state index contributed by atoms with van der Waals surface area (Å²) in [6, 6.07) is 5.56. The molecule has 1 amide bonds. The van der Waals surface area contributed by atoms with E-state index >= 15 is 0 Å². The predicted octanol–water partition coefficient (Wildman–Crippen LogP) is 1.43. The molecule has 0 spiro atoms. The molecule has 0 saturated heterocycles. The number of nitrogens with zero attached hydrogens (tertiary/aromatic N) is 1. The Morgan fingerprint density at radius 1 is 1.25 bits per heavy atom. The molecule has 0 radical (unpaired) electrons. The van der Waals surface area contributed by atoms with Gasteiger partial charge in [0.05, 0.1) is 25.6 Å². The van der Waals surface area contributed by atoms with E-state index in [0.29, 0.717) is 5.69 Å². The van der Waals surface area contributed by atoms with Crippen LogP contribution in [0.5, 0.6) is 0 Å². The smallest absolute Gasteiger partial charge is 0.406 e. The number of ether oxygens (including phenoxy) is 1. The van der Waals surface area contributed by atoms with Crippen LogP contribution >= 0.6 is 0 Å². The van der Waals surface area contributed by atoms with Crippen LogP contribution in [0, 0.1) is 13.8 Å². The van der Waals surface area contributed by atoms with Crippen molar-refractivity contribution in [2.45, 2.75) is 13.8 Å². The van der Waals surface area contributed by atoms with E-state index in [1.165, 1.54) is 11.4 Å². The normalized spacial score (nSPS) is 11.0. The fraction of sp³-hybridized carbons (Fsp3) is 0.462. The zero-order chi connectivity index (χ0) is 15.3. The molecule has 6 nitrogen and oxygen atoms in total. The molecule has 0 fully saturated rings. The van der Waals surface area contributed by atoms with Gasteiger partial charge in [-0.15, -0.1) is 0 Å². The number of nitrogens with one attached hydrogen (secondary N) is 1. The third-order valence-electron chi connectivity index (χ3n) is 2.66. The molecule has 0 aliphatic rings. The van der Waals surface area contributed by atoms with Crippen molar-refractivity contribution in [2.75, 3.05) is 30.8 Å². The number of hydrogen-bond acceptors (Lipinski definition) is 4. The van der Waals surface area contributed by atoms with E-state index in [9.17, 15) is 13.2 Å². The number of methoxy groups -OCH3 is 1. The van der Waals surface area contributed by atoms with E-state index in [-0.39, 0.29) is 13.1 Å². The fourth-order valence-corrected chi connectivity index (χ4v) is 2.82. The number of amides is 1. The number of hydrogen-bond donors (Lipinski definition) is 1. The van der Waals surface area contributed by atoms with Gasteiger partial charge in [-0.3, -0.25) is 4.31 Å². The number of rotatable bonds is 5. The van der Waals surface area contributed by atoms with Gasteiger partial charge in [-0.2, -0.15) is 0 Å². The molecule has 0 unspecified atom stereocenters. The minimum absolute atomic E-state index is 0.150. The van der Waals surface area contributed by atoms with Crippen molar-refractivity contribution in [1.29, 1.82) is 0 Å². The van der Waals surface area contributed by atoms with E-state index < -0.39 is 16.1 Å². The lowest BCUT2D eigenvalue weighted by Gasteiger charge is -2.23. The Balaban J connectivity index is 2.93. The Labute approximate surface area is 119 Å². The molecular weight excluding hydrogens is 280 g/mol. The lowest BCUT2D eigenvalue weighted by molar-refractivity contribution is 0.171. The molecule has 1 aromatic carbocycles. The quantitative estimate of drug-likeness (QED) is 0.892. The molecule has 0 atom stereocenters. The minimum Gasteiger partial charge on any atom is -0.453 e. The number of benzene rings is 1. The molecule has 20 heavy (non-hydrogen) atoms. The SMILES string of the molecule is COC(=O)NCCN(c1cc(C)cc(C)c1)S(C)(=O)=O. The van der Waals surface area contributed by atoms with E-state index in [2.05, 4.69) is 10.1 Å². The van der Waals surface area contributed by atoms with Crippen LogP contribution < -0.4 is 9.62 Å². The first-order chi connectivity index (χ1) is 9.24. The zero-order valence-electron chi connectivity index (χ0n) is 12.1. The number of anilines is 1. The molecule has 1 rings (SSSR count). The summed E-state index contributed by atoms with van der Waals surface area (Å²) >= 11 is 0. The Hall–Kier alpha value is -1.76. The van der Waals surface area contributed by atoms with Gasteiger partial charge in [0.25, 0.3) is 0 Å². The van der Waals surface area contributed by atoms with Crippen LogP contribution in [-0.4, -0.2) is 41.0 Å². The second kappa shape index (κ2) is 6.60. The lowest BCUT2D eigenvalue weighted by atomic mass is 10.1. The second-order valence-electron chi connectivity index (χ2n) is 4.60. The fourth-order valence-electron chi connectivity index (χ4n) is 1.91. The van der Waals surface area contributed by atoms with Gasteiger partial charge in [0.2, 0.25) is 10.0 Å². The number of aryl methyl sites for hydroxylation is 2. The molecule has 0 aliphatic carbocycles. The van der Waals surface area contributed by atoms with Crippen molar-refractivity contribution in [3.8, 4) is 0 Å². The molecule has 1 N–H and O–H groups in total. The summed E-state index contributed by atoms with van der Waals surface area (Å²) < 4.78 is 29.5. The van der Waals surface area contributed by atoms with Crippen LogP contribution in [-0.2, 0) is 14.8 Å². The van der Waals surface area contributed by atoms with Crippen LogP contribution in [0.1, 0.15) is 11.1 Å². The second-order valence-corrected chi connectivity index (χ2v) is 6.51. The number of carbonyl (C=O) groups is 1. The van der Waals surface area contributed by atoms with E-state index in [4.69, 9.17) is 0 Å². The first kappa shape index (κ1) is 16.3. The molecule has 1 aromatic rings. The molecule has 0 aliphatic heterocycles. The van der Waals surface area contributed by atoms with Crippen molar-refractivity contribution in [3.05, 3.63) is 29.3 Å². The van der Waals surface area contributed by atoms with Gasteiger partial charge < -0.3 is 10.1 Å². The third kappa shape index (κ3) is 4.73. The van der Waals surface area contributed by atoms with Crippen molar-refractivity contribution >= 4 is 21.8 Å². The zero-order valence-corrected chi connectivity index (χ0v) is 13.0. The van der Waals surface area contributed by atoms with Crippen LogP contribution in [0.2, 0.25) is 0 Å². The molecule has 7 heteroatoms. The Morgan fingerprint density at radius 3 is 2.25 bits per heavy atom. The van der Waals surface area contributed by atoms with E-state index in [1.807, 2.05) is 19.9 Å². The van der Waals surface area contributed by atoms with Gasteiger partial charge in [-0.25, -0.2) is 13.2 Å². The van der Waals surface area contributed by atoms with Crippen molar-refractivity contribution in [1.82, 2.24) is 5.32 Å². The minimum atomic E-state index is -3.41. The maximum Gasteiger partial charge on any atom is 0.406 e. The van der Waals surface area contributed by atoms with Crippen molar-refractivity contribution < 1.29 is 17.9 Å². The summed E-state index contributed by atoms with van der Waals surface area (Å²) in [5, 5.41) is 2.47. The van der Waals surface area contributed by atoms with Crippen LogP contribution in [0.15, 0.2) is 18.2 Å². The first-order valence-electron chi connectivity index (χ1n) is 6.12. The standard InChI is InChI=1S/C13H20N2O4S/c1-10-7-11(2)9-12(8-10)15(20(4,17)18)6-5-14-13(16)19-3/h7-9H,5-6H2,1-4H3,(H,14,16). The third-order valence-corrected chi connectivity index (χ3v) is 3.86. The highest BCUT2D eigenvalue weighted by molar-refractivity contribution is 7.92. The topological polar surface area (TPSA) is 75.7 Å². The summed E-state index contributed by atoms with van der Waals surface area (Å²) in [4.78, 5) is 11.0. The van der Waals surface area contributed by atoms with Gasteiger partial charge in [-0.1, -0.05) is 6.07 Å². The Kier molecular flexibility index (Phi) is 5.38. The predicted molar refractivity (Wildman–Crippen MR) is 78.5 cm³/mol. The van der Waals surface area contributed by atoms with Crippen LogP contribution in [0.4, 0.5) is 10.5 Å². The molecular formula is C13H20N2O4S. The van der Waals surface area contributed by atoms with Gasteiger partial charge in [0, 0.05) is 6.54 Å². The maximum atomic E-state index is 11.9. The van der Waals surface area contributed by atoms with E-state index in [1.54, 1.807) is 12.1 Å². The summed E-state index contributed by atoms with van der Waals surface area (Å²) in [7, 11) is -2.16. The summed E-state index contributed by atoms with van der Waals surface area (Å²) in [6.45, 7) is 4.14. The van der Waals surface area contributed by atoms with Crippen LogP contribution in [0.3, 0.4) is 0 Å². The highest BCUT2D eigenvalue weighted by Gasteiger charge is 2.17. The lowest BCUT2D eigenvalue weighted by Crippen LogP contribution is -2.38. The number of carbonyl (C=O) groups excluding carboxylic acids is 1. The summed E-state index contributed by atoms with van der Waals surface area (Å²) in [6.07, 6.45) is 0.557.